The first kappa shape index (κ1) is 11.0. The van der Waals surface area contributed by atoms with Gasteiger partial charge in [-0.2, -0.15) is 0 Å². The van der Waals surface area contributed by atoms with Crippen molar-refractivity contribution in [2.45, 2.75) is 10.3 Å². The van der Waals surface area contributed by atoms with Crippen LogP contribution in [0.15, 0.2) is 12.4 Å². The van der Waals surface area contributed by atoms with Gasteiger partial charge in [-0.15, -0.1) is 0 Å². The van der Waals surface area contributed by atoms with Gasteiger partial charge in [-0.05, 0) is 7.05 Å². The number of aromatic nitrogens is 2. The minimum atomic E-state index is -1.54. The van der Waals surface area contributed by atoms with Crippen molar-refractivity contribution in [1.82, 2.24) is 15.3 Å². The molecule has 0 radical (unpaired) electrons. The highest BCUT2D eigenvalue weighted by Crippen LogP contribution is 2.35. The summed E-state index contributed by atoms with van der Waals surface area (Å²) in [6.07, 6.45) is 3.25. The molecule has 1 N–H and O–H groups in total. The Hall–Kier alpha value is -0.0900. The summed E-state index contributed by atoms with van der Waals surface area (Å²) in [5, 5.41) is 2.96. The van der Waals surface area contributed by atoms with Gasteiger partial charge >= 0.3 is 0 Å². The van der Waals surface area contributed by atoms with Crippen molar-refractivity contribution >= 4 is 34.8 Å². The van der Waals surface area contributed by atoms with Crippen LogP contribution in [-0.4, -0.2) is 17.0 Å². The Balaban J connectivity index is 2.81. The molecule has 3 nitrogen and oxygen atoms in total. The number of rotatable bonds is 2. The third-order valence-electron chi connectivity index (χ3n) is 1.34. The second kappa shape index (κ2) is 4.42. The fourth-order valence-corrected chi connectivity index (χ4v) is 1.09. The predicted molar refractivity (Wildman–Crippen MR) is 54.0 cm³/mol. The minimum absolute atomic E-state index is 0.192. The van der Waals surface area contributed by atoms with Gasteiger partial charge in [-0.1, -0.05) is 34.8 Å². The number of halogens is 3. The van der Waals surface area contributed by atoms with E-state index in [-0.39, 0.29) is 5.82 Å². The van der Waals surface area contributed by atoms with E-state index in [0.29, 0.717) is 6.54 Å². The Bertz CT molecular complexity index is 267. The zero-order chi connectivity index (χ0) is 9.90. The molecule has 1 heterocycles. The van der Waals surface area contributed by atoms with E-state index in [1.165, 1.54) is 0 Å². The third kappa shape index (κ3) is 3.27. The van der Waals surface area contributed by atoms with Gasteiger partial charge in [0.1, 0.15) is 0 Å². The van der Waals surface area contributed by atoms with E-state index in [1.54, 1.807) is 12.4 Å². The summed E-state index contributed by atoms with van der Waals surface area (Å²) in [5.74, 6) is 0.192. The topological polar surface area (TPSA) is 37.8 Å². The van der Waals surface area contributed by atoms with Crippen LogP contribution in [0.25, 0.3) is 0 Å². The van der Waals surface area contributed by atoms with Crippen LogP contribution < -0.4 is 5.32 Å². The highest BCUT2D eigenvalue weighted by atomic mass is 35.6. The number of alkyl halides is 3. The molecule has 0 saturated heterocycles. The van der Waals surface area contributed by atoms with Crippen molar-refractivity contribution in [3.63, 3.8) is 0 Å². The quantitative estimate of drug-likeness (QED) is 0.804. The van der Waals surface area contributed by atoms with E-state index in [4.69, 9.17) is 34.8 Å². The Morgan fingerprint density at radius 2 is 1.85 bits per heavy atom. The monoisotopic (exact) mass is 239 g/mol. The average Bonchev–Trinajstić information content (AvgIpc) is 2.04. The van der Waals surface area contributed by atoms with Crippen molar-refractivity contribution in [2.24, 2.45) is 0 Å². The maximum absolute atomic E-state index is 5.58. The lowest BCUT2D eigenvalue weighted by atomic mass is 10.3. The molecular formula is C7H8Cl3N3. The normalized spacial score (nSPS) is 11.7. The zero-order valence-electron chi connectivity index (χ0n) is 6.89. The Morgan fingerprint density at radius 3 is 2.23 bits per heavy atom. The molecule has 1 aromatic rings. The molecule has 6 heteroatoms. The Morgan fingerprint density at radius 1 is 1.31 bits per heavy atom. The fourth-order valence-electron chi connectivity index (χ4n) is 0.797. The highest BCUT2D eigenvalue weighted by Gasteiger charge is 2.25. The fraction of sp³-hybridized carbons (Fsp3) is 0.429. The summed E-state index contributed by atoms with van der Waals surface area (Å²) < 4.78 is -1.54. The largest absolute Gasteiger partial charge is 0.316 e. The second-order valence-corrected chi connectivity index (χ2v) is 4.72. The molecule has 72 valence electrons. The van der Waals surface area contributed by atoms with E-state index >= 15 is 0 Å². The Kier molecular flexibility index (Phi) is 3.74. The first-order valence-electron chi connectivity index (χ1n) is 3.57. The molecule has 1 rings (SSSR count). The third-order valence-corrected chi connectivity index (χ3v) is 1.85. The lowest BCUT2D eigenvalue weighted by molar-refractivity contribution is 0.798. The van der Waals surface area contributed by atoms with Crippen molar-refractivity contribution in [2.75, 3.05) is 7.05 Å². The average molecular weight is 241 g/mol. The summed E-state index contributed by atoms with van der Waals surface area (Å²) in [5.41, 5.74) is 0.945. The van der Waals surface area contributed by atoms with Crippen molar-refractivity contribution in [3.05, 3.63) is 23.8 Å². The SMILES string of the molecule is CNCc1cnc(C(Cl)(Cl)Cl)nc1. The molecule has 0 saturated carbocycles. The zero-order valence-corrected chi connectivity index (χ0v) is 9.16. The number of hydrogen-bond donors (Lipinski definition) is 1. The van der Waals surface area contributed by atoms with E-state index in [9.17, 15) is 0 Å². The molecular weight excluding hydrogens is 232 g/mol. The summed E-state index contributed by atoms with van der Waals surface area (Å²) in [4.78, 5) is 7.84. The van der Waals surface area contributed by atoms with Crippen molar-refractivity contribution < 1.29 is 0 Å². The van der Waals surface area contributed by atoms with Gasteiger partial charge < -0.3 is 5.32 Å². The van der Waals surface area contributed by atoms with Gasteiger partial charge in [0.15, 0.2) is 5.82 Å². The van der Waals surface area contributed by atoms with Gasteiger partial charge in [0.25, 0.3) is 0 Å². The molecule has 0 aliphatic carbocycles. The van der Waals surface area contributed by atoms with Crippen molar-refractivity contribution in [3.8, 4) is 0 Å². The van der Waals surface area contributed by atoms with Crippen LogP contribution in [0.4, 0.5) is 0 Å². The summed E-state index contributed by atoms with van der Waals surface area (Å²) >= 11 is 16.7. The summed E-state index contributed by atoms with van der Waals surface area (Å²) in [7, 11) is 1.84. The van der Waals surface area contributed by atoms with E-state index in [1.807, 2.05) is 7.05 Å². The molecule has 0 fully saturated rings. The van der Waals surface area contributed by atoms with Crippen molar-refractivity contribution in [1.29, 1.82) is 0 Å². The molecule has 0 amide bonds. The number of nitrogens with one attached hydrogen (secondary N) is 1. The first-order chi connectivity index (χ1) is 6.04. The molecule has 0 spiro atoms. The second-order valence-electron chi connectivity index (χ2n) is 2.44. The van der Waals surface area contributed by atoms with E-state index < -0.39 is 3.79 Å². The van der Waals surface area contributed by atoms with Gasteiger partial charge in [0.05, 0.1) is 0 Å². The van der Waals surface area contributed by atoms with Gasteiger partial charge in [0, 0.05) is 24.5 Å². The number of hydrogen-bond acceptors (Lipinski definition) is 3. The molecule has 13 heavy (non-hydrogen) atoms. The standard InChI is InChI=1S/C7H8Cl3N3/c1-11-2-5-3-12-6(13-4-5)7(8,9)10/h3-4,11H,2H2,1H3. The van der Waals surface area contributed by atoms with Crippen LogP contribution in [0.5, 0.6) is 0 Å². The lowest BCUT2D eigenvalue weighted by Gasteiger charge is -2.08. The molecule has 0 aliphatic heterocycles. The maximum atomic E-state index is 5.58. The molecule has 0 unspecified atom stereocenters. The first-order valence-corrected chi connectivity index (χ1v) is 4.70. The van der Waals surface area contributed by atoms with Gasteiger partial charge in [0.2, 0.25) is 3.79 Å². The molecule has 0 bridgehead atoms. The van der Waals surface area contributed by atoms with Crippen LogP contribution in [-0.2, 0) is 10.3 Å². The van der Waals surface area contributed by atoms with E-state index in [2.05, 4.69) is 15.3 Å². The maximum Gasteiger partial charge on any atom is 0.250 e. The van der Waals surface area contributed by atoms with Gasteiger partial charge in [-0.25, -0.2) is 9.97 Å². The van der Waals surface area contributed by atoms with Crippen LogP contribution in [0.3, 0.4) is 0 Å². The lowest BCUT2D eigenvalue weighted by Crippen LogP contribution is -2.10. The van der Waals surface area contributed by atoms with E-state index in [0.717, 1.165) is 5.56 Å². The molecule has 0 atom stereocenters. The Labute approximate surface area is 91.4 Å². The highest BCUT2D eigenvalue weighted by molar-refractivity contribution is 6.66. The minimum Gasteiger partial charge on any atom is -0.316 e. The smallest absolute Gasteiger partial charge is 0.250 e. The molecule has 0 aromatic carbocycles. The molecule has 0 aliphatic rings. The van der Waals surface area contributed by atoms with Crippen LogP contribution >= 0.6 is 34.8 Å². The predicted octanol–water partition coefficient (Wildman–Crippen LogP) is 2.02. The summed E-state index contributed by atoms with van der Waals surface area (Å²) in [6, 6.07) is 0. The van der Waals surface area contributed by atoms with Crippen LogP contribution in [0.2, 0.25) is 0 Å². The molecule has 1 aromatic heterocycles. The number of nitrogens with zero attached hydrogens (tertiary/aromatic N) is 2. The van der Waals surface area contributed by atoms with Gasteiger partial charge in [-0.3, -0.25) is 0 Å². The van der Waals surface area contributed by atoms with Crippen LogP contribution in [0.1, 0.15) is 11.4 Å². The van der Waals surface area contributed by atoms with Crippen LogP contribution in [0, 0.1) is 0 Å². The summed E-state index contributed by atoms with van der Waals surface area (Å²) in [6.45, 7) is 0.695.